The summed E-state index contributed by atoms with van der Waals surface area (Å²) in [6.07, 6.45) is 5.02. The van der Waals surface area contributed by atoms with Crippen LogP contribution in [0.3, 0.4) is 0 Å². The Kier molecular flexibility index (Phi) is 4.47. The third-order valence-electron chi connectivity index (χ3n) is 5.76. The average molecular weight is 394 g/mol. The molecule has 7 heteroatoms. The summed E-state index contributed by atoms with van der Waals surface area (Å²) in [6.45, 7) is 3.69. The summed E-state index contributed by atoms with van der Waals surface area (Å²) in [4.78, 5) is 19.5. The van der Waals surface area contributed by atoms with Crippen molar-refractivity contribution in [3.8, 4) is 0 Å². The average Bonchev–Trinajstić information content (AvgIpc) is 3.32. The monoisotopic (exact) mass is 393 g/mol. The van der Waals surface area contributed by atoms with Crippen molar-refractivity contribution in [3.63, 3.8) is 0 Å². The lowest BCUT2D eigenvalue weighted by Gasteiger charge is -2.32. The van der Waals surface area contributed by atoms with Crippen molar-refractivity contribution < 1.29 is 4.79 Å². The topological polar surface area (TPSA) is 71.0 Å². The first-order valence-electron chi connectivity index (χ1n) is 9.94. The van der Waals surface area contributed by atoms with Crippen LogP contribution < -0.4 is 10.2 Å². The van der Waals surface area contributed by atoms with Crippen LogP contribution in [-0.4, -0.2) is 34.2 Å². The Morgan fingerprint density at radius 1 is 1.18 bits per heavy atom. The standard InChI is InChI=1S/C21H23N5OS/c1-13-22-18-12-16(5-6-19(18)28-13)23-21(27)14-7-9-26(10-8-14)20-11-15-3-2-4-17(15)24-25-20/h5-6,11-12,14H,2-4,7-10H2,1H3,(H,23,27). The first kappa shape index (κ1) is 17.6. The van der Waals surface area contributed by atoms with Gasteiger partial charge in [-0.2, -0.15) is 5.10 Å². The molecule has 1 fully saturated rings. The van der Waals surface area contributed by atoms with E-state index < -0.39 is 0 Å². The van der Waals surface area contributed by atoms with Gasteiger partial charge in [0.15, 0.2) is 5.82 Å². The van der Waals surface area contributed by atoms with Gasteiger partial charge in [0.1, 0.15) is 0 Å². The normalized spacial score (nSPS) is 17.1. The van der Waals surface area contributed by atoms with Crippen LogP contribution in [0.1, 0.15) is 35.5 Å². The van der Waals surface area contributed by atoms with Crippen molar-refractivity contribution in [2.75, 3.05) is 23.3 Å². The maximum absolute atomic E-state index is 12.7. The molecule has 1 N–H and O–H groups in total. The Balaban J connectivity index is 1.21. The quantitative estimate of drug-likeness (QED) is 0.734. The number of carbonyl (C=O) groups is 1. The summed E-state index contributed by atoms with van der Waals surface area (Å²) in [6, 6.07) is 8.16. The highest BCUT2D eigenvalue weighted by molar-refractivity contribution is 7.18. The molecule has 0 unspecified atom stereocenters. The van der Waals surface area contributed by atoms with Crippen molar-refractivity contribution in [1.29, 1.82) is 0 Å². The number of hydrogen-bond donors (Lipinski definition) is 1. The molecule has 2 aromatic heterocycles. The molecule has 1 aliphatic carbocycles. The Hall–Kier alpha value is -2.54. The number of thiazole rings is 1. The third kappa shape index (κ3) is 3.35. The minimum atomic E-state index is 0.0338. The highest BCUT2D eigenvalue weighted by Crippen LogP contribution is 2.28. The predicted octanol–water partition coefficient (Wildman–Crippen LogP) is 3.74. The summed E-state index contributed by atoms with van der Waals surface area (Å²) in [5.41, 5.74) is 4.28. The van der Waals surface area contributed by atoms with E-state index in [9.17, 15) is 4.79 Å². The number of carbonyl (C=O) groups excluding carboxylic acids is 1. The van der Waals surface area contributed by atoms with Gasteiger partial charge in [0, 0.05) is 24.7 Å². The van der Waals surface area contributed by atoms with Crippen LogP contribution in [-0.2, 0) is 17.6 Å². The van der Waals surface area contributed by atoms with Gasteiger partial charge in [-0.1, -0.05) is 0 Å². The number of piperidine rings is 1. The summed E-state index contributed by atoms with van der Waals surface area (Å²) < 4.78 is 1.15. The molecule has 0 atom stereocenters. The lowest BCUT2D eigenvalue weighted by Crippen LogP contribution is -2.38. The van der Waals surface area contributed by atoms with Gasteiger partial charge in [-0.25, -0.2) is 4.98 Å². The predicted molar refractivity (Wildman–Crippen MR) is 112 cm³/mol. The Bertz CT molecular complexity index is 1040. The van der Waals surface area contributed by atoms with Gasteiger partial charge in [0.2, 0.25) is 5.91 Å². The Labute approximate surface area is 168 Å². The molecule has 0 bridgehead atoms. The Morgan fingerprint density at radius 2 is 2.04 bits per heavy atom. The van der Waals surface area contributed by atoms with E-state index in [1.54, 1.807) is 11.3 Å². The van der Waals surface area contributed by atoms with Crippen molar-refractivity contribution in [2.45, 2.75) is 39.0 Å². The molecule has 0 radical (unpaired) electrons. The zero-order valence-corrected chi connectivity index (χ0v) is 16.8. The highest BCUT2D eigenvalue weighted by atomic mass is 32.1. The number of rotatable bonds is 3. The second-order valence-corrected chi connectivity index (χ2v) is 8.93. The zero-order valence-electron chi connectivity index (χ0n) is 15.9. The number of aromatic nitrogens is 3. The number of anilines is 2. The van der Waals surface area contributed by atoms with E-state index in [0.29, 0.717) is 0 Å². The van der Waals surface area contributed by atoms with E-state index in [2.05, 4.69) is 31.5 Å². The minimum absolute atomic E-state index is 0.0338. The Morgan fingerprint density at radius 3 is 2.89 bits per heavy atom. The van der Waals surface area contributed by atoms with Gasteiger partial charge < -0.3 is 10.2 Å². The van der Waals surface area contributed by atoms with Gasteiger partial charge in [-0.3, -0.25) is 4.79 Å². The van der Waals surface area contributed by atoms with Gasteiger partial charge in [0.05, 0.1) is 20.9 Å². The van der Waals surface area contributed by atoms with Crippen LogP contribution in [0, 0.1) is 12.8 Å². The molecule has 1 aromatic carbocycles. The lowest BCUT2D eigenvalue weighted by molar-refractivity contribution is -0.120. The van der Waals surface area contributed by atoms with Gasteiger partial charge in [-0.15, -0.1) is 16.4 Å². The number of benzene rings is 1. The van der Waals surface area contributed by atoms with E-state index in [4.69, 9.17) is 0 Å². The van der Waals surface area contributed by atoms with Crippen molar-refractivity contribution in [3.05, 3.63) is 40.5 Å². The molecule has 0 spiro atoms. The molecular formula is C21H23N5OS. The molecule has 144 valence electrons. The van der Waals surface area contributed by atoms with E-state index in [0.717, 1.165) is 71.2 Å². The number of hydrogen-bond acceptors (Lipinski definition) is 6. The first-order valence-corrected chi connectivity index (χ1v) is 10.8. The molecular weight excluding hydrogens is 370 g/mol. The summed E-state index contributed by atoms with van der Waals surface area (Å²) in [5.74, 6) is 1.10. The van der Waals surface area contributed by atoms with Crippen LogP contribution in [0.2, 0.25) is 0 Å². The van der Waals surface area contributed by atoms with Crippen LogP contribution in [0.5, 0.6) is 0 Å². The summed E-state index contributed by atoms with van der Waals surface area (Å²) in [5, 5.41) is 12.9. The van der Waals surface area contributed by atoms with Gasteiger partial charge in [0.25, 0.3) is 0 Å². The molecule has 2 aliphatic rings. The minimum Gasteiger partial charge on any atom is -0.355 e. The second-order valence-electron chi connectivity index (χ2n) is 7.69. The molecule has 5 rings (SSSR count). The lowest BCUT2D eigenvalue weighted by atomic mass is 9.95. The maximum Gasteiger partial charge on any atom is 0.227 e. The van der Waals surface area contributed by atoms with Crippen molar-refractivity contribution >= 4 is 39.0 Å². The number of fused-ring (bicyclic) bond motifs is 2. The smallest absolute Gasteiger partial charge is 0.227 e. The van der Waals surface area contributed by atoms with Crippen molar-refractivity contribution in [1.82, 2.24) is 15.2 Å². The molecule has 1 aliphatic heterocycles. The number of amides is 1. The molecule has 3 heterocycles. The zero-order chi connectivity index (χ0) is 19.1. The van der Waals surface area contributed by atoms with E-state index >= 15 is 0 Å². The van der Waals surface area contributed by atoms with Crippen LogP contribution in [0.25, 0.3) is 10.2 Å². The molecule has 3 aromatic rings. The number of nitrogens with zero attached hydrogens (tertiary/aromatic N) is 4. The van der Waals surface area contributed by atoms with Crippen LogP contribution in [0.15, 0.2) is 24.3 Å². The molecule has 0 saturated carbocycles. The highest BCUT2D eigenvalue weighted by Gasteiger charge is 2.26. The largest absolute Gasteiger partial charge is 0.355 e. The molecule has 1 amide bonds. The van der Waals surface area contributed by atoms with Crippen LogP contribution >= 0.6 is 11.3 Å². The van der Waals surface area contributed by atoms with E-state index in [-0.39, 0.29) is 11.8 Å². The van der Waals surface area contributed by atoms with Crippen molar-refractivity contribution in [2.24, 2.45) is 5.92 Å². The summed E-state index contributed by atoms with van der Waals surface area (Å²) >= 11 is 1.67. The maximum atomic E-state index is 12.7. The summed E-state index contributed by atoms with van der Waals surface area (Å²) in [7, 11) is 0. The fourth-order valence-electron chi connectivity index (χ4n) is 4.21. The van der Waals surface area contributed by atoms with Gasteiger partial charge in [-0.05, 0) is 68.9 Å². The molecule has 28 heavy (non-hydrogen) atoms. The number of aryl methyl sites for hydroxylation is 3. The van der Waals surface area contributed by atoms with Gasteiger partial charge >= 0.3 is 0 Å². The third-order valence-corrected chi connectivity index (χ3v) is 6.71. The van der Waals surface area contributed by atoms with Crippen LogP contribution in [0.4, 0.5) is 11.5 Å². The second kappa shape index (κ2) is 7.13. The van der Waals surface area contributed by atoms with E-state index in [1.165, 1.54) is 12.0 Å². The van der Waals surface area contributed by atoms with E-state index in [1.807, 2.05) is 25.1 Å². The number of nitrogens with one attached hydrogen (secondary N) is 1. The SMILES string of the molecule is Cc1nc2cc(NC(=O)C3CCN(c4cc5c(nn4)CCC5)CC3)ccc2s1. The first-order chi connectivity index (χ1) is 13.7. The fourth-order valence-corrected chi connectivity index (χ4v) is 5.01. The molecule has 6 nitrogen and oxygen atoms in total. The molecule has 1 saturated heterocycles. The fraction of sp³-hybridized carbons (Fsp3) is 0.429.